The number of aromatic nitrogens is 1. The molecule has 5 nitrogen and oxygen atoms in total. The van der Waals surface area contributed by atoms with Crippen LogP contribution < -0.4 is 15.6 Å². The molecule has 1 fully saturated rings. The number of amides is 1. The van der Waals surface area contributed by atoms with Gasteiger partial charge in [0, 0.05) is 17.6 Å². The third kappa shape index (κ3) is 4.19. The van der Waals surface area contributed by atoms with Crippen LogP contribution in [0.4, 0.5) is 0 Å². The van der Waals surface area contributed by atoms with Crippen molar-refractivity contribution in [3.8, 4) is 5.75 Å². The Kier molecular flexibility index (Phi) is 5.65. The first-order valence-corrected chi connectivity index (χ1v) is 10.2. The van der Waals surface area contributed by atoms with E-state index in [4.69, 9.17) is 4.74 Å². The van der Waals surface area contributed by atoms with Crippen LogP contribution in [0.3, 0.4) is 0 Å². The summed E-state index contributed by atoms with van der Waals surface area (Å²) < 4.78 is 5.25. The fourth-order valence-electron chi connectivity index (χ4n) is 4.36. The van der Waals surface area contributed by atoms with E-state index in [9.17, 15) is 9.59 Å². The Morgan fingerprint density at radius 3 is 2.59 bits per heavy atom. The molecular weight excluding hydrogens is 364 g/mol. The maximum absolute atomic E-state index is 13.2. The Hall–Kier alpha value is -3.08. The summed E-state index contributed by atoms with van der Waals surface area (Å²) in [7, 11) is 1.64. The number of ether oxygens (including phenoxy) is 1. The molecule has 4 rings (SSSR count). The van der Waals surface area contributed by atoms with E-state index in [1.807, 2.05) is 54.6 Å². The van der Waals surface area contributed by atoms with E-state index in [0.717, 1.165) is 47.9 Å². The lowest BCUT2D eigenvalue weighted by Gasteiger charge is -2.23. The number of pyridine rings is 1. The van der Waals surface area contributed by atoms with E-state index in [2.05, 4.69) is 10.3 Å². The lowest BCUT2D eigenvalue weighted by atomic mass is 9.84. The Balaban J connectivity index is 1.55. The second-order valence-corrected chi connectivity index (χ2v) is 7.72. The molecule has 150 valence electrons. The van der Waals surface area contributed by atoms with E-state index < -0.39 is 0 Å². The molecule has 0 radical (unpaired) electrons. The summed E-state index contributed by atoms with van der Waals surface area (Å²) in [5.74, 6) is 0.887. The normalized spacial score (nSPS) is 15.3. The van der Waals surface area contributed by atoms with Gasteiger partial charge in [0.25, 0.3) is 5.56 Å². The predicted octanol–water partition coefficient (Wildman–Crippen LogP) is 4.13. The topological polar surface area (TPSA) is 71.2 Å². The van der Waals surface area contributed by atoms with Crippen LogP contribution in [0.5, 0.6) is 5.75 Å². The zero-order valence-electron chi connectivity index (χ0n) is 16.6. The summed E-state index contributed by atoms with van der Waals surface area (Å²) >= 11 is 0. The third-order valence-electron chi connectivity index (χ3n) is 5.91. The fraction of sp³-hybridized carbons (Fsp3) is 0.333. The molecule has 2 aromatic carbocycles. The molecule has 1 amide bonds. The number of hydrogen-bond donors (Lipinski definition) is 2. The summed E-state index contributed by atoms with van der Waals surface area (Å²) in [6.45, 7) is 0.221. The molecule has 1 aliphatic rings. The molecule has 5 heteroatoms. The summed E-state index contributed by atoms with van der Waals surface area (Å²) in [6, 6.07) is 17.3. The number of benzene rings is 2. The van der Waals surface area contributed by atoms with Crippen LogP contribution in [0.1, 0.15) is 42.7 Å². The van der Waals surface area contributed by atoms with Crippen molar-refractivity contribution in [3.05, 3.63) is 76.1 Å². The third-order valence-corrected chi connectivity index (χ3v) is 5.91. The van der Waals surface area contributed by atoms with E-state index >= 15 is 0 Å². The molecule has 1 heterocycles. The maximum atomic E-state index is 13.2. The minimum absolute atomic E-state index is 0.0189. The van der Waals surface area contributed by atoms with Gasteiger partial charge in [-0.1, -0.05) is 43.2 Å². The maximum Gasteiger partial charge on any atom is 0.253 e. The van der Waals surface area contributed by atoms with Gasteiger partial charge < -0.3 is 15.0 Å². The van der Waals surface area contributed by atoms with Gasteiger partial charge in [0.2, 0.25) is 5.91 Å². The van der Waals surface area contributed by atoms with Gasteiger partial charge in [0.15, 0.2) is 0 Å². The highest BCUT2D eigenvalue weighted by molar-refractivity contribution is 5.84. The van der Waals surface area contributed by atoms with Crippen LogP contribution in [0.25, 0.3) is 10.9 Å². The van der Waals surface area contributed by atoms with Gasteiger partial charge >= 0.3 is 0 Å². The summed E-state index contributed by atoms with van der Waals surface area (Å²) in [4.78, 5) is 28.5. The number of fused-ring (bicyclic) bond motifs is 1. The molecule has 29 heavy (non-hydrogen) atoms. The molecule has 1 atom stereocenters. The quantitative estimate of drug-likeness (QED) is 0.665. The molecule has 1 aromatic heterocycles. The molecule has 1 saturated carbocycles. The Labute approximate surface area is 170 Å². The summed E-state index contributed by atoms with van der Waals surface area (Å²) in [5, 5.41) is 3.98. The van der Waals surface area contributed by atoms with Crippen LogP contribution >= 0.6 is 0 Å². The van der Waals surface area contributed by atoms with Crippen molar-refractivity contribution in [2.75, 3.05) is 7.11 Å². The number of aromatic amines is 1. The lowest BCUT2D eigenvalue weighted by molar-refractivity contribution is -0.123. The average molecular weight is 390 g/mol. The molecule has 1 aliphatic carbocycles. The highest BCUT2D eigenvalue weighted by atomic mass is 16.5. The highest BCUT2D eigenvalue weighted by Crippen LogP contribution is 2.38. The Bertz CT molecular complexity index is 1050. The monoisotopic (exact) mass is 390 g/mol. The molecule has 0 spiro atoms. The number of hydrogen-bond acceptors (Lipinski definition) is 3. The lowest BCUT2D eigenvalue weighted by Crippen LogP contribution is -2.34. The summed E-state index contributed by atoms with van der Waals surface area (Å²) in [5.41, 5.74) is 2.21. The zero-order valence-corrected chi connectivity index (χ0v) is 16.6. The minimum Gasteiger partial charge on any atom is -0.497 e. The first kappa shape index (κ1) is 19.2. The number of methoxy groups -OCH3 is 1. The van der Waals surface area contributed by atoms with E-state index in [1.165, 1.54) is 0 Å². The fourth-order valence-corrected chi connectivity index (χ4v) is 4.36. The van der Waals surface area contributed by atoms with Gasteiger partial charge in [-0.3, -0.25) is 9.59 Å². The van der Waals surface area contributed by atoms with Crippen molar-refractivity contribution in [1.82, 2.24) is 10.3 Å². The van der Waals surface area contributed by atoms with Crippen molar-refractivity contribution >= 4 is 16.8 Å². The number of rotatable bonds is 6. The Morgan fingerprint density at radius 2 is 1.86 bits per heavy atom. The largest absolute Gasteiger partial charge is 0.497 e. The first-order chi connectivity index (χ1) is 14.2. The highest BCUT2D eigenvalue weighted by Gasteiger charge is 2.32. The van der Waals surface area contributed by atoms with E-state index in [-0.39, 0.29) is 23.9 Å². The molecule has 2 N–H and O–H groups in total. The van der Waals surface area contributed by atoms with Gasteiger partial charge in [-0.05, 0) is 54.0 Å². The SMILES string of the molecule is COc1ccc(C(C(=O)NCc2cc3ccccc3[nH]c2=O)C2CCCC2)cc1. The molecule has 0 aliphatic heterocycles. The number of nitrogens with one attached hydrogen (secondary N) is 2. The minimum atomic E-state index is -0.206. The van der Waals surface area contributed by atoms with E-state index in [1.54, 1.807) is 7.11 Å². The van der Waals surface area contributed by atoms with Gasteiger partial charge in [-0.2, -0.15) is 0 Å². The number of carbonyl (C=O) groups excluding carboxylic acids is 1. The zero-order chi connectivity index (χ0) is 20.2. The molecular formula is C24H26N2O3. The van der Waals surface area contributed by atoms with Gasteiger partial charge in [-0.25, -0.2) is 0 Å². The van der Waals surface area contributed by atoms with Crippen LogP contribution in [0.2, 0.25) is 0 Å². The van der Waals surface area contributed by atoms with Gasteiger partial charge in [-0.15, -0.1) is 0 Å². The van der Waals surface area contributed by atoms with E-state index in [0.29, 0.717) is 11.5 Å². The molecule has 1 unspecified atom stereocenters. The van der Waals surface area contributed by atoms with Crippen LogP contribution in [-0.4, -0.2) is 18.0 Å². The van der Waals surface area contributed by atoms with Crippen LogP contribution in [0.15, 0.2) is 59.4 Å². The standard InChI is InChI=1S/C24H26N2O3/c1-29-20-12-10-17(11-13-20)22(16-6-2-3-7-16)24(28)25-15-19-14-18-8-4-5-9-21(18)26-23(19)27/h4-5,8-14,16,22H,2-3,6-7,15H2,1H3,(H,25,28)(H,26,27). The first-order valence-electron chi connectivity index (χ1n) is 10.2. The number of carbonyl (C=O) groups is 1. The van der Waals surface area contributed by atoms with Gasteiger partial charge in [0.05, 0.1) is 13.0 Å². The van der Waals surface area contributed by atoms with Crippen molar-refractivity contribution < 1.29 is 9.53 Å². The average Bonchev–Trinajstić information content (AvgIpc) is 3.27. The van der Waals surface area contributed by atoms with Crippen molar-refractivity contribution in [2.24, 2.45) is 5.92 Å². The van der Waals surface area contributed by atoms with Gasteiger partial charge in [0.1, 0.15) is 5.75 Å². The number of para-hydroxylation sites is 1. The Morgan fingerprint density at radius 1 is 1.14 bits per heavy atom. The van der Waals surface area contributed by atoms with Crippen molar-refractivity contribution in [3.63, 3.8) is 0 Å². The summed E-state index contributed by atoms with van der Waals surface area (Å²) in [6.07, 6.45) is 4.44. The molecule has 3 aromatic rings. The second kappa shape index (κ2) is 8.52. The molecule has 0 bridgehead atoms. The van der Waals surface area contributed by atoms with Crippen molar-refractivity contribution in [2.45, 2.75) is 38.1 Å². The molecule has 0 saturated heterocycles. The smallest absolute Gasteiger partial charge is 0.253 e. The predicted molar refractivity (Wildman–Crippen MR) is 114 cm³/mol. The van der Waals surface area contributed by atoms with Crippen LogP contribution in [-0.2, 0) is 11.3 Å². The second-order valence-electron chi connectivity index (χ2n) is 7.72. The number of H-pyrrole nitrogens is 1. The van der Waals surface area contributed by atoms with Crippen molar-refractivity contribution in [1.29, 1.82) is 0 Å². The van der Waals surface area contributed by atoms with Crippen LogP contribution in [0, 0.1) is 5.92 Å².